The summed E-state index contributed by atoms with van der Waals surface area (Å²) in [6.45, 7) is 0.671. The molecule has 0 bridgehead atoms. The van der Waals surface area contributed by atoms with Gasteiger partial charge in [-0.2, -0.15) is 0 Å². The maximum absolute atomic E-state index is 13.5. The van der Waals surface area contributed by atoms with E-state index in [1.807, 2.05) is 65.6 Å². The number of hydroxylamine groups is 1. The number of nitrogens with one attached hydrogen (secondary N) is 1. The number of ether oxygens (including phenoxy) is 1. The number of benzene rings is 3. The molecule has 2 aliphatic rings. The fourth-order valence-corrected chi connectivity index (χ4v) is 4.85. The molecule has 0 saturated carbocycles. The van der Waals surface area contributed by atoms with E-state index in [1.165, 1.54) is 5.56 Å². The minimum absolute atomic E-state index is 0.136. The lowest BCUT2D eigenvalue weighted by Crippen LogP contribution is -2.38. The van der Waals surface area contributed by atoms with Crippen LogP contribution in [0, 0.1) is 5.41 Å². The molecule has 2 amide bonds. The third-order valence-corrected chi connectivity index (χ3v) is 6.61. The normalized spacial score (nSPS) is 19.7. The van der Waals surface area contributed by atoms with E-state index in [-0.39, 0.29) is 5.91 Å². The van der Waals surface area contributed by atoms with Gasteiger partial charge in [-0.25, -0.2) is 5.48 Å². The number of hydrogen-bond donors (Lipinski definition) is 2. The third kappa shape index (κ3) is 3.63. The molecule has 32 heavy (non-hydrogen) atoms. The zero-order chi connectivity index (χ0) is 22.1. The maximum Gasteiger partial charge on any atom is 0.274 e. The highest BCUT2D eigenvalue weighted by atomic mass is 16.5. The number of anilines is 1. The molecule has 5 rings (SSSR count). The van der Waals surface area contributed by atoms with Gasteiger partial charge >= 0.3 is 0 Å². The van der Waals surface area contributed by atoms with Gasteiger partial charge in [-0.1, -0.05) is 24.3 Å². The van der Waals surface area contributed by atoms with Gasteiger partial charge in [0.05, 0.1) is 5.41 Å². The van der Waals surface area contributed by atoms with Crippen LogP contribution in [-0.2, 0) is 17.6 Å². The van der Waals surface area contributed by atoms with Gasteiger partial charge in [0.15, 0.2) is 0 Å². The molecule has 162 valence electrons. The first-order chi connectivity index (χ1) is 15.6. The molecule has 1 fully saturated rings. The van der Waals surface area contributed by atoms with E-state index >= 15 is 0 Å². The smallest absolute Gasteiger partial charge is 0.274 e. The fourth-order valence-electron chi connectivity index (χ4n) is 4.85. The molecule has 1 aliphatic heterocycles. The maximum atomic E-state index is 13.5. The first-order valence-corrected chi connectivity index (χ1v) is 10.8. The lowest BCUT2D eigenvalue weighted by molar-refractivity contribution is -0.126. The van der Waals surface area contributed by atoms with Gasteiger partial charge in [0, 0.05) is 17.8 Å². The molecule has 1 atom stereocenters. The van der Waals surface area contributed by atoms with Crippen molar-refractivity contribution in [3.8, 4) is 11.5 Å². The summed E-state index contributed by atoms with van der Waals surface area (Å²) in [5.41, 5.74) is 4.69. The summed E-state index contributed by atoms with van der Waals surface area (Å²) in [4.78, 5) is 27.2. The molecule has 0 unspecified atom stereocenters. The molecule has 3 aromatic rings. The zero-order valence-electron chi connectivity index (χ0n) is 17.6. The molecule has 1 saturated heterocycles. The van der Waals surface area contributed by atoms with Crippen molar-refractivity contribution in [1.82, 2.24) is 5.48 Å². The average Bonchev–Trinajstić information content (AvgIpc) is 3.14. The van der Waals surface area contributed by atoms with Crippen molar-refractivity contribution < 1.29 is 19.5 Å². The van der Waals surface area contributed by atoms with Gasteiger partial charge in [-0.3, -0.25) is 14.8 Å². The molecule has 1 heterocycles. The summed E-state index contributed by atoms with van der Waals surface area (Å²) >= 11 is 0. The van der Waals surface area contributed by atoms with Crippen molar-refractivity contribution in [3.63, 3.8) is 0 Å². The predicted molar refractivity (Wildman–Crippen MR) is 120 cm³/mol. The van der Waals surface area contributed by atoms with Crippen LogP contribution < -0.4 is 15.1 Å². The van der Waals surface area contributed by atoms with Crippen LogP contribution in [0.1, 0.15) is 34.3 Å². The fraction of sp³-hybridized carbons (Fsp3) is 0.231. The van der Waals surface area contributed by atoms with E-state index in [1.54, 1.807) is 17.6 Å². The van der Waals surface area contributed by atoms with Crippen LogP contribution in [0.25, 0.3) is 0 Å². The van der Waals surface area contributed by atoms with Gasteiger partial charge < -0.3 is 9.64 Å². The number of fused-ring (bicyclic) bond motifs is 1. The quantitative estimate of drug-likeness (QED) is 0.473. The standard InChI is InChI=1S/C26H24N2O4/c29-24(27-31)19-7-6-18-12-13-26(17-20(18)16-19)14-15-28(25(26)30)21-8-10-23(11-9-21)32-22-4-2-1-3-5-22/h1-11,16,31H,12-15,17H2,(H,27,29)/t26-/m0/s1. The van der Waals surface area contributed by atoms with Crippen molar-refractivity contribution in [3.05, 3.63) is 89.5 Å². The first kappa shape index (κ1) is 20.3. The number of para-hydroxylation sites is 1. The number of rotatable bonds is 4. The molecule has 3 aromatic carbocycles. The third-order valence-electron chi connectivity index (χ3n) is 6.61. The van der Waals surface area contributed by atoms with Gasteiger partial charge in [0.1, 0.15) is 11.5 Å². The molecule has 0 radical (unpaired) electrons. The Labute approximate surface area is 186 Å². The Balaban J connectivity index is 1.33. The van der Waals surface area contributed by atoms with E-state index in [2.05, 4.69) is 0 Å². The van der Waals surface area contributed by atoms with Gasteiger partial charge in [0.2, 0.25) is 5.91 Å². The summed E-state index contributed by atoms with van der Waals surface area (Å²) < 4.78 is 5.86. The van der Waals surface area contributed by atoms with Crippen LogP contribution in [0.3, 0.4) is 0 Å². The van der Waals surface area contributed by atoms with Crippen LogP contribution in [-0.4, -0.2) is 23.6 Å². The van der Waals surface area contributed by atoms with E-state index in [9.17, 15) is 9.59 Å². The molecule has 6 nitrogen and oxygen atoms in total. The highest BCUT2D eigenvalue weighted by molar-refractivity contribution is 6.00. The minimum Gasteiger partial charge on any atom is -0.457 e. The number of carbonyl (C=O) groups is 2. The second-order valence-electron chi connectivity index (χ2n) is 8.50. The Hall–Kier alpha value is -3.64. The van der Waals surface area contributed by atoms with Gasteiger partial charge in [0.25, 0.3) is 5.91 Å². The molecule has 1 spiro atoms. The van der Waals surface area contributed by atoms with Crippen molar-refractivity contribution >= 4 is 17.5 Å². The molecular weight excluding hydrogens is 404 g/mol. The summed E-state index contributed by atoms with van der Waals surface area (Å²) in [7, 11) is 0. The molecular formula is C26H24N2O4. The number of nitrogens with zero attached hydrogens (tertiary/aromatic N) is 1. The Morgan fingerprint density at radius 2 is 1.69 bits per heavy atom. The number of aryl methyl sites for hydroxylation is 1. The van der Waals surface area contributed by atoms with E-state index in [0.29, 0.717) is 18.5 Å². The van der Waals surface area contributed by atoms with Crippen LogP contribution in [0.5, 0.6) is 11.5 Å². The van der Waals surface area contributed by atoms with Crippen LogP contribution in [0.15, 0.2) is 72.8 Å². The van der Waals surface area contributed by atoms with E-state index < -0.39 is 11.3 Å². The van der Waals surface area contributed by atoms with E-state index in [4.69, 9.17) is 9.94 Å². The highest BCUT2D eigenvalue weighted by Gasteiger charge is 2.48. The Morgan fingerprint density at radius 3 is 2.44 bits per heavy atom. The second kappa shape index (κ2) is 8.13. The first-order valence-electron chi connectivity index (χ1n) is 10.8. The minimum atomic E-state index is -0.537. The summed E-state index contributed by atoms with van der Waals surface area (Å²) in [5, 5.41) is 8.93. The Morgan fingerprint density at radius 1 is 0.938 bits per heavy atom. The Kier molecular flexibility index (Phi) is 5.15. The lowest BCUT2D eigenvalue weighted by Gasteiger charge is -2.33. The van der Waals surface area contributed by atoms with Crippen LogP contribution in [0.4, 0.5) is 5.69 Å². The SMILES string of the molecule is O=C(NO)c1ccc2c(c1)C[C@]1(CC2)CCN(c2ccc(Oc3ccccc3)cc2)C1=O. The monoisotopic (exact) mass is 428 g/mol. The topological polar surface area (TPSA) is 78.9 Å². The molecule has 2 N–H and O–H groups in total. The van der Waals surface area contributed by atoms with Crippen LogP contribution in [0.2, 0.25) is 0 Å². The van der Waals surface area contributed by atoms with Crippen molar-refractivity contribution in [2.45, 2.75) is 25.7 Å². The van der Waals surface area contributed by atoms with Crippen molar-refractivity contribution in [2.24, 2.45) is 5.41 Å². The zero-order valence-corrected chi connectivity index (χ0v) is 17.6. The number of carbonyl (C=O) groups excluding carboxylic acids is 2. The Bertz CT molecular complexity index is 1160. The predicted octanol–water partition coefficient (Wildman–Crippen LogP) is 4.51. The number of hydrogen-bond acceptors (Lipinski definition) is 4. The number of amides is 2. The van der Waals surface area contributed by atoms with Crippen LogP contribution >= 0.6 is 0 Å². The second-order valence-corrected chi connectivity index (χ2v) is 8.50. The lowest BCUT2D eigenvalue weighted by atomic mass is 9.70. The average molecular weight is 428 g/mol. The molecule has 6 heteroatoms. The summed E-state index contributed by atoms with van der Waals surface area (Å²) in [6, 6.07) is 22.7. The van der Waals surface area contributed by atoms with Crippen molar-refractivity contribution in [1.29, 1.82) is 0 Å². The van der Waals surface area contributed by atoms with E-state index in [0.717, 1.165) is 42.0 Å². The molecule has 0 aromatic heterocycles. The summed E-state index contributed by atoms with van der Waals surface area (Å²) in [6.07, 6.45) is 3.00. The van der Waals surface area contributed by atoms with Gasteiger partial charge in [-0.15, -0.1) is 0 Å². The highest BCUT2D eigenvalue weighted by Crippen LogP contribution is 2.45. The molecule has 1 aliphatic carbocycles. The summed E-state index contributed by atoms with van der Waals surface area (Å²) in [5.74, 6) is 1.09. The van der Waals surface area contributed by atoms with Gasteiger partial charge in [-0.05, 0) is 85.3 Å². The largest absolute Gasteiger partial charge is 0.457 e. The van der Waals surface area contributed by atoms with Crippen molar-refractivity contribution in [2.75, 3.05) is 11.4 Å².